The van der Waals surface area contributed by atoms with Crippen molar-refractivity contribution in [2.45, 2.75) is 12.5 Å². The van der Waals surface area contributed by atoms with E-state index in [0.29, 0.717) is 29.7 Å². The van der Waals surface area contributed by atoms with Crippen LogP contribution in [0.4, 0.5) is 5.69 Å². The molecule has 0 bridgehead atoms. The van der Waals surface area contributed by atoms with Crippen LogP contribution in [0.2, 0.25) is 5.02 Å². The van der Waals surface area contributed by atoms with Gasteiger partial charge in [-0.1, -0.05) is 11.6 Å². The van der Waals surface area contributed by atoms with Crippen molar-refractivity contribution in [2.24, 2.45) is 0 Å². The molecule has 1 aromatic rings. The van der Waals surface area contributed by atoms with Gasteiger partial charge in [0.15, 0.2) is 14.9 Å². The van der Waals surface area contributed by atoms with E-state index in [0.717, 1.165) is 5.69 Å². The molecule has 8 heteroatoms. The maximum atomic E-state index is 11.7. The van der Waals surface area contributed by atoms with Crippen molar-refractivity contribution in [3.05, 3.63) is 29.3 Å². The fraction of sp³-hybridized carbons (Fsp3) is 0.500. The number of thiocarbonyl (C=S) groups is 1. The monoisotopic (exact) mass is 362 g/mol. The summed E-state index contributed by atoms with van der Waals surface area (Å²) in [6.45, 7) is 1.04. The molecule has 1 atom stereocenters. The van der Waals surface area contributed by atoms with Crippen molar-refractivity contribution < 1.29 is 13.2 Å². The zero-order chi connectivity index (χ0) is 16.2. The molecule has 0 radical (unpaired) electrons. The normalized spacial score (nSPS) is 19.8. The third-order valence-corrected chi connectivity index (χ3v) is 5.88. The van der Waals surface area contributed by atoms with Crippen molar-refractivity contribution in [1.29, 1.82) is 0 Å². The Morgan fingerprint density at radius 2 is 2.14 bits per heavy atom. The minimum atomic E-state index is -2.96. The Kier molecular flexibility index (Phi) is 6.02. The zero-order valence-electron chi connectivity index (χ0n) is 12.3. The number of methoxy groups -OCH3 is 1. The lowest BCUT2D eigenvalue weighted by molar-refractivity contribution is 0.166. The molecule has 0 saturated carbocycles. The van der Waals surface area contributed by atoms with Crippen molar-refractivity contribution in [1.82, 2.24) is 4.90 Å². The first kappa shape index (κ1) is 17.5. The molecule has 1 saturated heterocycles. The predicted octanol–water partition coefficient (Wildman–Crippen LogP) is 2.17. The molecule has 5 nitrogen and oxygen atoms in total. The topological polar surface area (TPSA) is 58.6 Å². The van der Waals surface area contributed by atoms with Crippen LogP contribution in [0.1, 0.15) is 6.42 Å². The number of rotatable bonds is 5. The predicted molar refractivity (Wildman–Crippen MR) is 93.3 cm³/mol. The summed E-state index contributed by atoms with van der Waals surface area (Å²) >= 11 is 11.3. The van der Waals surface area contributed by atoms with Crippen molar-refractivity contribution in [3.63, 3.8) is 0 Å². The number of anilines is 1. The molecule has 1 aromatic carbocycles. The molecule has 1 N–H and O–H groups in total. The van der Waals surface area contributed by atoms with Crippen molar-refractivity contribution >= 4 is 44.5 Å². The molecule has 0 unspecified atom stereocenters. The molecule has 0 aliphatic carbocycles. The number of hydrogen-bond donors (Lipinski definition) is 1. The summed E-state index contributed by atoms with van der Waals surface area (Å²) in [5.74, 6) is 0.351. The molecule has 0 spiro atoms. The van der Waals surface area contributed by atoms with Crippen LogP contribution in [0.3, 0.4) is 0 Å². The molecule has 1 aliphatic rings. The molecular formula is C14H19ClN2O3S2. The first-order valence-corrected chi connectivity index (χ1v) is 9.54. The summed E-state index contributed by atoms with van der Waals surface area (Å²) in [6.07, 6.45) is 0.592. The minimum Gasteiger partial charge on any atom is -0.383 e. The van der Waals surface area contributed by atoms with Gasteiger partial charge >= 0.3 is 0 Å². The van der Waals surface area contributed by atoms with Gasteiger partial charge in [-0.3, -0.25) is 0 Å². The Morgan fingerprint density at radius 3 is 2.68 bits per heavy atom. The van der Waals surface area contributed by atoms with E-state index in [4.69, 9.17) is 28.6 Å². The SMILES string of the molecule is COCCN(C(=S)Nc1ccc(Cl)cc1)[C@@H]1CCS(=O)(=O)C1. The van der Waals surface area contributed by atoms with Crippen LogP contribution >= 0.6 is 23.8 Å². The van der Waals surface area contributed by atoms with E-state index >= 15 is 0 Å². The van der Waals surface area contributed by atoms with Crippen LogP contribution < -0.4 is 5.32 Å². The van der Waals surface area contributed by atoms with Gasteiger partial charge in [-0.2, -0.15) is 0 Å². The van der Waals surface area contributed by atoms with E-state index in [9.17, 15) is 8.42 Å². The van der Waals surface area contributed by atoms with Gasteiger partial charge in [-0.15, -0.1) is 0 Å². The Labute approximate surface area is 141 Å². The van der Waals surface area contributed by atoms with Crippen LogP contribution in [-0.4, -0.2) is 56.2 Å². The fourth-order valence-electron chi connectivity index (χ4n) is 2.39. The summed E-state index contributed by atoms with van der Waals surface area (Å²) < 4.78 is 28.5. The molecule has 0 amide bonds. The molecule has 1 fully saturated rings. The first-order chi connectivity index (χ1) is 10.4. The summed E-state index contributed by atoms with van der Waals surface area (Å²) in [6, 6.07) is 7.09. The second kappa shape index (κ2) is 7.59. The van der Waals surface area contributed by atoms with Crippen LogP contribution in [0.15, 0.2) is 24.3 Å². The van der Waals surface area contributed by atoms with Gasteiger partial charge < -0.3 is 15.0 Å². The van der Waals surface area contributed by atoms with Crippen molar-refractivity contribution in [3.8, 4) is 0 Å². The lowest BCUT2D eigenvalue weighted by Gasteiger charge is -2.30. The maximum Gasteiger partial charge on any atom is 0.173 e. The summed E-state index contributed by atoms with van der Waals surface area (Å²) in [5, 5.41) is 4.28. The number of nitrogens with one attached hydrogen (secondary N) is 1. The second-order valence-electron chi connectivity index (χ2n) is 5.18. The van der Waals surface area contributed by atoms with E-state index in [-0.39, 0.29) is 17.5 Å². The van der Waals surface area contributed by atoms with Gasteiger partial charge in [0.05, 0.1) is 18.1 Å². The number of nitrogens with zero attached hydrogens (tertiary/aromatic N) is 1. The second-order valence-corrected chi connectivity index (χ2v) is 8.23. The van der Waals surface area contributed by atoms with Crippen LogP contribution in [-0.2, 0) is 14.6 Å². The lowest BCUT2D eigenvalue weighted by atomic mass is 10.2. The van der Waals surface area contributed by atoms with E-state index in [2.05, 4.69) is 5.32 Å². The highest BCUT2D eigenvalue weighted by molar-refractivity contribution is 7.91. The average Bonchev–Trinajstić information content (AvgIpc) is 2.82. The third-order valence-electron chi connectivity index (χ3n) is 3.54. The van der Waals surface area contributed by atoms with Gasteiger partial charge in [-0.25, -0.2) is 8.42 Å². The lowest BCUT2D eigenvalue weighted by Crippen LogP contribution is -2.45. The summed E-state index contributed by atoms with van der Waals surface area (Å²) in [7, 11) is -1.35. The average molecular weight is 363 g/mol. The van der Waals surface area contributed by atoms with Crippen LogP contribution in [0.5, 0.6) is 0 Å². The Hall–Kier alpha value is -0.890. The zero-order valence-corrected chi connectivity index (χ0v) is 14.7. The van der Waals surface area contributed by atoms with E-state index in [1.54, 1.807) is 19.2 Å². The van der Waals surface area contributed by atoms with E-state index < -0.39 is 9.84 Å². The van der Waals surface area contributed by atoms with Crippen LogP contribution in [0.25, 0.3) is 0 Å². The van der Waals surface area contributed by atoms with E-state index in [1.165, 1.54) is 0 Å². The number of ether oxygens (including phenoxy) is 1. The highest BCUT2D eigenvalue weighted by atomic mass is 35.5. The largest absolute Gasteiger partial charge is 0.383 e. The number of halogens is 1. The molecule has 122 valence electrons. The smallest absolute Gasteiger partial charge is 0.173 e. The molecule has 1 heterocycles. The van der Waals surface area contributed by atoms with Gasteiger partial charge in [0.2, 0.25) is 0 Å². The first-order valence-electron chi connectivity index (χ1n) is 6.94. The van der Waals surface area contributed by atoms with Gasteiger partial charge in [0.25, 0.3) is 0 Å². The van der Waals surface area contributed by atoms with Gasteiger partial charge in [0.1, 0.15) is 0 Å². The van der Waals surface area contributed by atoms with Gasteiger partial charge in [0, 0.05) is 30.4 Å². The molecule has 22 heavy (non-hydrogen) atoms. The molecule has 0 aromatic heterocycles. The molecular weight excluding hydrogens is 344 g/mol. The van der Waals surface area contributed by atoms with Crippen LogP contribution in [0, 0.1) is 0 Å². The minimum absolute atomic E-state index is 0.104. The van der Waals surface area contributed by atoms with Gasteiger partial charge in [-0.05, 0) is 42.9 Å². The highest BCUT2D eigenvalue weighted by Crippen LogP contribution is 2.20. The van der Waals surface area contributed by atoms with E-state index in [1.807, 2.05) is 17.0 Å². The quantitative estimate of drug-likeness (QED) is 0.810. The molecule has 2 rings (SSSR count). The number of benzene rings is 1. The highest BCUT2D eigenvalue weighted by Gasteiger charge is 2.33. The maximum absolute atomic E-state index is 11.7. The number of sulfone groups is 1. The fourth-order valence-corrected chi connectivity index (χ4v) is 4.60. The number of hydrogen-bond acceptors (Lipinski definition) is 4. The standard InChI is InChI=1S/C14H19ClN2O3S2/c1-20-8-7-17(13-6-9-22(18,19)10-13)14(21)16-12-4-2-11(15)3-5-12/h2-5,13H,6-10H2,1H3,(H,16,21)/t13-/m1/s1. The Bertz CT molecular complexity index is 619. The Balaban J connectivity index is 2.07. The Morgan fingerprint density at radius 1 is 1.45 bits per heavy atom. The third kappa shape index (κ3) is 4.81. The summed E-state index contributed by atoms with van der Waals surface area (Å²) in [5.41, 5.74) is 0.817. The molecule has 1 aliphatic heterocycles. The summed E-state index contributed by atoms with van der Waals surface area (Å²) in [4.78, 5) is 1.90. The van der Waals surface area contributed by atoms with Crippen molar-refractivity contribution in [2.75, 3.05) is 37.1 Å².